The predicted octanol–water partition coefficient (Wildman–Crippen LogP) is 1.22. The standard InChI is InChI=1S/C19H26N4O3/c1-25-12-7-20-18(24)14-23-10-8-22(9-11-23)13-17-15-26-19(21-17)16-5-3-2-4-6-16/h2-6,15H,7-14H2,1H3,(H,20,24). The van der Waals surface area contributed by atoms with Crippen molar-refractivity contribution in [3.8, 4) is 11.5 Å². The number of methoxy groups -OCH3 is 1. The van der Waals surface area contributed by atoms with Gasteiger partial charge in [-0.2, -0.15) is 0 Å². The summed E-state index contributed by atoms with van der Waals surface area (Å²) in [4.78, 5) is 21.0. The van der Waals surface area contributed by atoms with Crippen LogP contribution in [-0.4, -0.2) is 73.7 Å². The van der Waals surface area contributed by atoms with Gasteiger partial charge in [-0.1, -0.05) is 18.2 Å². The fourth-order valence-corrected chi connectivity index (χ4v) is 2.98. The van der Waals surface area contributed by atoms with Gasteiger partial charge in [0.2, 0.25) is 11.8 Å². The smallest absolute Gasteiger partial charge is 0.234 e. The maximum Gasteiger partial charge on any atom is 0.234 e. The number of piperazine rings is 1. The molecule has 140 valence electrons. The van der Waals surface area contributed by atoms with Crippen LogP contribution in [0.15, 0.2) is 41.0 Å². The van der Waals surface area contributed by atoms with Crippen LogP contribution in [0.3, 0.4) is 0 Å². The number of hydrogen-bond acceptors (Lipinski definition) is 6. The normalized spacial score (nSPS) is 15.9. The third-order valence-corrected chi connectivity index (χ3v) is 4.42. The first-order valence-electron chi connectivity index (χ1n) is 8.95. The zero-order valence-corrected chi connectivity index (χ0v) is 15.2. The molecule has 26 heavy (non-hydrogen) atoms. The van der Waals surface area contributed by atoms with Crippen LogP contribution in [0.2, 0.25) is 0 Å². The molecule has 1 aliphatic heterocycles. The quantitative estimate of drug-likeness (QED) is 0.716. The van der Waals surface area contributed by atoms with Crippen molar-refractivity contribution < 1.29 is 13.9 Å². The van der Waals surface area contributed by atoms with Crippen molar-refractivity contribution in [2.24, 2.45) is 0 Å². The van der Waals surface area contributed by atoms with E-state index in [0.717, 1.165) is 44.0 Å². The second-order valence-corrected chi connectivity index (χ2v) is 6.41. The molecule has 1 aromatic heterocycles. The fraction of sp³-hybridized carbons (Fsp3) is 0.474. The monoisotopic (exact) mass is 358 g/mol. The maximum absolute atomic E-state index is 11.9. The Hall–Kier alpha value is -2.22. The van der Waals surface area contributed by atoms with Gasteiger partial charge in [0.15, 0.2) is 0 Å². The highest BCUT2D eigenvalue weighted by Crippen LogP contribution is 2.19. The van der Waals surface area contributed by atoms with E-state index in [1.807, 2.05) is 30.3 Å². The first-order valence-corrected chi connectivity index (χ1v) is 8.95. The van der Waals surface area contributed by atoms with Crippen LogP contribution >= 0.6 is 0 Å². The van der Waals surface area contributed by atoms with Gasteiger partial charge in [0, 0.05) is 51.9 Å². The molecule has 1 aromatic carbocycles. The molecule has 0 spiro atoms. The van der Waals surface area contributed by atoms with Crippen LogP contribution in [0, 0.1) is 0 Å². The highest BCUT2D eigenvalue weighted by atomic mass is 16.5. The van der Waals surface area contributed by atoms with Gasteiger partial charge in [-0.25, -0.2) is 4.98 Å². The minimum atomic E-state index is 0.0551. The van der Waals surface area contributed by atoms with E-state index < -0.39 is 0 Å². The van der Waals surface area contributed by atoms with Crippen molar-refractivity contribution in [1.29, 1.82) is 0 Å². The summed E-state index contributed by atoms with van der Waals surface area (Å²) in [6.45, 7) is 5.90. The van der Waals surface area contributed by atoms with Crippen LogP contribution in [0.25, 0.3) is 11.5 Å². The van der Waals surface area contributed by atoms with Gasteiger partial charge in [-0.05, 0) is 12.1 Å². The number of carbonyl (C=O) groups excluding carboxylic acids is 1. The fourth-order valence-electron chi connectivity index (χ4n) is 2.98. The summed E-state index contributed by atoms with van der Waals surface area (Å²) in [6, 6.07) is 9.91. The highest BCUT2D eigenvalue weighted by Gasteiger charge is 2.20. The zero-order valence-electron chi connectivity index (χ0n) is 15.2. The number of oxazole rings is 1. The second-order valence-electron chi connectivity index (χ2n) is 6.41. The molecule has 0 unspecified atom stereocenters. The lowest BCUT2D eigenvalue weighted by atomic mass is 10.2. The van der Waals surface area contributed by atoms with Crippen LogP contribution in [0.1, 0.15) is 5.69 Å². The summed E-state index contributed by atoms with van der Waals surface area (Å²) >= 11 is 0. The molecule has 7 heteroatoms. The van der Waals surface area contributed by atoms with E-state index in [0.29, 0.717) is 25.6 Å². The van der Waals surface area contributed by atoms with Crippen LogP contribution in [-0.2, 0) is 16.1 Å². The third kappa shape index (κ3) is 5.39. The van der Waals surface area contributed by atoms with Crippen LogP contribution in [0.5, 0.6) is 0 Å². The van der Waals surface area contributed by atoms with Gasteiger partial charge < -0.3 is 14.5 Å². The molecular formula is C19H26N4O3. The number of aromatic nitrogens is 1. The topological polar surface area (TPSA) is 70.8 Å². The van der Waals surface area contributed by atoms with E-state index in [4.69, 9.17) is 9.15 Å². The lowest BCUT2D eigenvalue weighted by molar-refractivity contribution is -0.122. The molecule has 0 aliphatic carbocycles. The molecule has 0 bridgehead atoms. The van der Waals surface area contributed by atoms with Gasteiger partial charge >= 0.3 is 0 Å². The Labute approximate surface area is 153 Å². The van der Waals surface area contributed by atoms with Crippen molar-refractivity contribution >= 4 is 5.91 Å². The molecule has 2 aromatic rings. The van der Waals surface area contributed by atoms with Gasteiger partial charge in [-0.3, -0.25) is 14.6 Å². The molecule has 2 heterocycles. The summed E-state index contributed by atoms with van der Waals surface area (Å²) in [7, 11) is 1.63. The van der Waals surface area contributed by atoms with Crippen molar-refractivity contribution in [2.75, 3.05) is 53.0 Å². The number of ether oxygens (including phenoxy) is 1. The Morgan fingerprint density at radius 3 is 2.65 bits per heavy atom. The lowest BCUT2D eigenvalue weighted by Gasteiger charge is -2.33. The first-order chi connectivity index (χ1) is 12.7. The lowest BCUT2D eigenvalue weighted by Crippen LogP contribution is -2.49. The molecule has 1 fully saturated rings. The number of benzene rings is 1. The number of rotatable bonds is 8. The van der Waals surface area contributed by atoms with E-state index in [1.165, 1.54) is 0 Å². The van der Waals surface area contributed by atoms with Gasteiger partial charge in [0.1, 0.15) is 6.26 Å². The zero-order chi connectivity index (χ0) is 18.2. The van der Waals surface area contributed by atoms with Gasteiger partial charge in [0.25, 0.3) is 0 Å². The molecule has 1 aliphatic rings. The van der Waals surface area contributed by atoms with E-state index in [-0.39, 0.29) is 5.91 Å². The Bertz CT molecular complexity index is 681. The van der Waals surface area contributed by atoms with Crippen LogP contribution < -0.4 is 5.32 Å². The Morgan fingerprint density at radius 1 is 1.19 bits per heavy atom. The predicted molar refractivity (Wildman–Crippen MR) is 98.5 cm³/mol. The molecule has 1 N–H and O–H groups in total. The van der Waals surface area contributed by atoms with Gasteiger partial charge in [-0.15, -0.1) is 0 Å². The molecule has 7 nitrogen and oxygen atoms in total. The summed E-state index contributed by atoms with van der Waals surface area (Å²) < 4.78 is 10.5. The van der Waals surface area contributed by atoms with Crippen molar-refractivity contribution in [1.82, 2.24) is 20.1 Å². The minimum Gasteiger partial charge on any atom is -0.444 e. The van der Waals surface area contributed by atoms with Gasteiger partial charge in [0.05, 0.1) is 18.8 Å². The van der Waals surface area contributed by atoms with Crippen molar-refractivity contribution in [2.45, 2.75) is 6.54 Å². The number of nitrogens with one attached hydrogen (secondary N) is 1. The molecule has 0 saturated carbocycles. The largest absolute Gasteiger partial charge is 0.444 e. The average molecular weight is 358 g/mol. The average Bonchev–Trinajstić information content (AvgIpc) is 3.13. The molecule has 0 atom stereocenters. The van der Waals surface area contributed by atoms with E-state index >= 15 is 0 Å². The third-order valence-electron chi connectivity index (χ3n) is 4.42. The highest BCUT2D eigenvalue weighted by molar-refractivity contribution is 5.78. The SMILES string of the molecule is COCCNC(=O)CN1CCN(Cc2coc(-c3ccccc3)n2)CC1. The summed E-state index contributed by atoms with van der Waals surface area (Å²) in [6.07, 6.45) is 1.73. The molecular weight excluding hydrogens is 332 g/mol. The molecule has 3 rings (SSSR count). The summed E-state index contributed by atoms with van der Waals surface area (Å²) in [5.74, 6) is 0.714. The summed E-state index contributed by atoms with van der Waals surface area (Å²) in [5.41, 5.74) is 1.93. The molecule has 1 saturated heterocycles. The minimum absolute atomic E-state index is 0.0551. The number of amides is 1. The molecule has 0 radical (unpaired) electrons. The maximum atomic E-state index is 11.9. The molecule has 1 amide bonds. The van der Waals surface area contributed by atoms with Crippen LogP contribution in [0.4, 0.5) is 0 Å². The van der Waals surface area contributed by atoms with Crippen molar-refractivity contribution in [3.63, 3.8) is 0 Å². The Kier molecular flexibility index (Phi) is 6.76. The van der Waals surface area contributed by atoms with E-state index in [1.54, 1.807) is 13.4 Å². The number of nitrogens with zero attached hydrogens (tertiary/aromatic N) is 3. The summed E-state index contributed by atoms with van der Waals surface area (Å²) in [5, 5.41) is 2.86. The number of carbonyl (C=O) groups is 1. The second kappa shape index (κ2) is 9.47. The van der Waals surface area contributed by atoms with E-state index in [9.17, 15) is 4.79 Å². The number of hydrogen-bond donors (Lipinski definition) is 1. The Balaban J connectivity index is 1.42. The Morgan fingerprint density at radius 2 is 1.92 bits per heavy atom. The van der Waals surface area contributed by atoms with E-state index in [2.05, 4.69) is 20.1 Å². The first kappa shape index (κ1) is 18.6. The van der Waals surface area contributed by atoms with Crippen molar-refractivity contribution in [3.05, 3.63) is 42.3 Å².